The minimum atomic E-state index is -4.32. The van der Waals surface area contributed by atoms with Crippen molar-refractivity contribution in [2.75, 3.05) is 40.9 Å². The van der Waals surface area contributed by atoms with Crippen LogP contribution in [0.2, 0.25) is 0 Å². The predicted octanol–water partition coefficient (Wildman–Crippen LogP) is 8.63. The molecule has 0 aromatic heterocycles. The van der Waals surface area contributed by atoms with Gasteiger partial charge in [0.2, 0.25) is 5.91 Å². The molecule has 0 aromatic rings. The van der Waals surface area contributed by atoms with Crippen LogP contribution >= 0.6 is 7.82 Å². The molecule has 0 radical (unpaired) electrons. The topological polar surface area (TPSA) is 105 Å². The van der Waals surface area contributed by atoms with Crippen LogP contribution in [0, 0.1) is 0 Å². The number of allylic oxidation sites excluding steroid dienone is 3. The first-order chi connectivity index (χ1) is 21.0. The molecule has 0 bridgehead atoms. The van der Waals surface area contributed by atoms with Gasteiger partial charge in [-0.1, -0.05) is 115 Å². The van der Waals surface area contributed by atoms with Gasteiger partial charge < -0.3 is 19.8 Å². The van der Waals surface area contributed by atoms with Crippen LogP contribution in [0.25, 0.3) is 0 Å². The molecule has 0 saturated carbocycles. The molecule has 1 amide bonds. The SMILES string of the molecule is CCCCCCC/C=C/C(O)C(COP(=O)(O)OCC[N+](C)(C)C)NC(=O)CCCCCCC/C=C\CCCCCCCC. The van der Waals surface area contributed by atoms with Gasteiger partial charge in [-0.15, -0.1) is 0 Å². The number of quaternary nitrogens is 1. The van der Waals surface area contributed by atoms with Gasteiger partial charge in [0, 0.05) is 6.42 Å². The third-order valence-corrected chi connectivity index (χ3v) is 8.65. The second-order valence-electron chi connectivity index (χ2n) is 13.2. The summed E-state index contributed by atoms with van der Waals surface area (Å²) in [6.07, 6.45) is 29.7. The molecule has 0 aliphatic carbocycles. The second-order valence-corrected chi connectivity index (χ2v) is 14.7. The Balaban J connectivity index is 4.47. The molecule has 0 aromatic carbocycles. The van der Waals surface area contributed by atoms with Gasteiger partial charge in [-0.2, -0.15) is 0 Å². The maximum atomic E-state index is 12.7. The summed E-state index contributed by atoms with van der Waals surface area (Å²) in [5.41, 5.74) is 0. The molecule has 44 heavy (non-hydrogen) atoms. The minimum absolute atomic E-state index is 0.0598. The molecule has 8 nitrogen and oxygen atoms in total. The first-order valence-corrected chi connectivity index (χ1v) is 19.2. The number of aliphatic hydroxyl groups excluding tert-OH is 1. The Morgan fingerprint density at radius 1 is 0.750 bits per heavy atom. The fourth-order valence-corrected chi connectivity index (χ4v) is 5.47. The van der Waals surface area contributed by atoms with Crippen LogP contribution in [0.15, 0.2) is 24.3 Å². The number of phosphoric acid groups is 1. The van der Waals surface area contributed by atoms with E-state index in [0.29, 0.717) is 17.4 Å². The van der Waals surface area contributed by atoms with Gasteiger partial charge in [-0.3, -0.25) is 13.8 Å². The molecular weight excluding hydrogens is 575 g/mol. The number of carbonyl (C=O) groups is 1. The zero-order valence-electron chi connectivity index (χ0n) is 29.1. The van der Waals surface area contributed by atoms with E-state index in [1.807, 2.05) is 27.2 Å². The number of nitrogens with zero attached hydrogens (tertiary/aromatic N) is 1. The van der Waals surface area contributed by atoms with Crippen LogP contribution < -0.4 is 5.32 Å². The van der Waals surface area contributed by atoms with E-state index in [1.54, 1.807) is 6.08 Å². The van der Waals surface area contributed by atoms with Crippen molar-refractivity contribution in [3.05, 3.63) is 24.3 Å². The lowest BCUT2D eigenvalue weighted by molar-refractivity contribution is -0.870. The molecule has 3 unspecified atom stereocenters. The Morgan fingerprint density at radius 2 is 1.23 bits per heavy atom. The Morgan fingerprint density at radius 3 is 1.75 bits per heavy atom. The molecule has 0 aliphatic rings. The Kier molecular flexibility index (Phi) is 27.6. The molecule has 0 spiro atoms. The van der Waals surface area contributed by atoms with Crippen molar-refractivity contribution in [3.63, 3.8) is 0 Å². The second kappa shape index (κ2) is 28.2. The largest absolute Gasteiger partial charge is 0.472 e. The maximum absolute atomic E-state index is 12.7. The lowest BCUT2D eigenvalue weighted by atomic mass is 10.1. The molecule has 0 saturated heterocycles. The third kappa shape index (κ3) is 29.7. The van der Waals surface area contributed by atoms with Crippen LogP contribution in [-0.2, 0) is 18.4 Å². The van der Waals surface area contributed by atoms with Crippen LogP contribution in [0.3, 0.4) is 0 Å². The number of rotatable bonds is 31. The van der Waals surface area contributed by atoms with Crippen molar-refractivity contribution in [1.29, 1.82) is 0 Å². The minimum Gasteiger partial charge on any atom is -0.387 e. The van der Waals surface area contributed by atoms with Gasteiger partial charge in [-0.05, 0) is 44.9 Å². The van der Waals surface area contributed by atoms with Gasteiger partial charge in [0.05, 0.1) is 39.9 Å². The summed E-state index contributed by atoms with van der Waals surface area (Å²) in [5, 5.41) is 13.6. The fourth-order valence-electron chi connectivity index (χ4n) is 4.74. The average molecular weight is 646 g/mol. The van der Waals surface area contributed by atoms with Gasteiger partial charge in [0.15, 0.2) is 0 Å². The van der Waals surface area contributed by atoms with Crippen LogP contribution in [0.1, 0.15) is 142 Å². The van der Waals surface area contributed by atoms with Crippen LogP contribution in [0.5, 0.6) is 0 Å². The molecule has 9 heteroatoms. The first kappa shape index (κ1) is 43.0. The highest BCUT2D eigenvalue weighted by atomic mass is 31.2. The third-order valence-electron chi connectivity index (χ3n) is 7.67. The summed E-state index contributed by atoms with van der Waals surface area (Å²) in [5.74, 6) is -0.193. The molecule has 3 atom stereocenters. The van der Waals surface area contributed by atoms with Crippen molar-refractivity contribution in [1.82, 2.24) is 5.32 Å². The summed E-state index contributed by atoms with van der Waals surface area (Å²) in [4.78, 5) is 22.8. The highest BCUT2D eigenvalue weighted by Gasteiger charge is 2.27. The van der Waals surface area contributed by atoms with Crippen molar-refractivity contribution in [2.24, 2.45) is 0 Å². The summed E-state index contributed by atoms with van der Waals surface area (Å²) in [6.45, 7) is 4.71. The normalized spacial score (nSPS) is 15.2. The van der Waals surface area contributed by atoms with E-state index in [-0.39, 0.29) is 19.1 Å². The van der Waals surface area contributed by atoms with Gasteiger partial charge in [0.25, 0.3) is 0 Å². The van der Waals surface area contributed by atoms with E-state index in [2.05, 4.69) is 31.3 Å². The van der Waals surface area contributed by atoms with Crippen molar-refractivity contribution >= 4 is 13.7 Å². The average Bonchev–Trinajstić information content (AvgIpc) is 2.95. The highest BCUT2D eigenvalue weighted by Crippen LogP contribution is 2.43. The highest BCUT2D eigenvalue weighted by molar-refractivity contribution is 7.47. The smallest absolute Gasteiger partial charge is 0.387 e. The number of aliphatic hydroxyl groups is 1. The number of carbonyl (C=O) groups excluding carboxylic acids is 1. The lowest BCUT2D eigenvalue weighted by Gasteiger charge is -2.25. The fraction of sp³-hybridized carbons (Fsp3) is 0.857. The summed E-state index contributed by atoms with van der Waals surface area (Å²) >= 11 is 0. The molecule has 0 fully saturated rings. The Hall–Kier alpha value is -1.02. The summed E-state index contributed by atoms with van der Waals surface area (Å²) < 4.78 is 23.3. The standard InChI is InChI=1S/C35H69N2O6P/c1-6-8-10-12-14-15-16-17-18-19-20-21-23-25-27-29-35(39)36-33(34(38)28-26-24-22-13-11-9-7-2)32-43-44(40,41)42-31-30-37(3,4)5/h17-18,26,28,33-34,38H,6-16,19-25,27,29-32H2,1-5H3,(H-,36,39,40,41)/p+1/b18-17-,28-26+. The number of phosphoric ester groups is 1. The summed E-state index contributed by atoms with van der Waals surface area (Å²) in [6, 6.07) is -0.843. The van der Waals surface area contributed by atoms with Crippen molar-refractivity contribution in [2.45, 2.75) is 154 Å². The molecule has 260 valence electrons. The predicted molar refractivity (Wildman–Crippen MR) is 185 cm³/mol. The number of hydrogen-bond donors (Lipinski definition) is 3. The summed E-state index contributed by atoms with van der Waals surface area (Å²) in [7, 11) is 1.56. The van der Waals surface area contributed by atoms with Crippen LogP contribution in [-0.4, -0.2) is 73.4 Å². The zero-order valence-corrected chi connectivity index (χ0v) is 30.0. The van der Waals surface area contributed by atoms with Gasteiger partial charge in [0.1, 0.15) is 13.2 Å². The van der Waals surface area contributed by atoms with E-state index in [0.717, 1.165) is 51.4 Å². The monoisotopic (exact) mass is 645 g/mol. The van der Waals surface area contributed by atoms with Gasteiger partial charge in [-0.25, -0.2) is 4.57 Å². The quantitative estimate of drug-likeness (QED) is 0.0302. The lowest BCUT2D eigenvalue weighted by Crippen LogP contribution is -2.45. The van der Waals surface area contributed by atoms with Gasteiger partial charge >= 0.3 is 7.82 Å². The number of unbranched alkanes of at least 4 members (excludes halogenated alkanes) is 16. The van der Waals surface area contributed by atoms with Crippen LogP contribution in [0.4, 0.5) is 0 Å². The van der Waals surface area contributed by atoms with Crippen molar-refractivity contribution in [3.8, 4) is 0 Å². The van der Waals surface area contributed by atoms with E-state index < -0.39 is 20.0 Å². The molecule has 0 rings (SSSR count). The zero-order chi connectivity index (χ0) is 32.9. The Labute approximate surface area is 271 Å². The molecule has 3 N–H and O–H groups in total. The molecule has 0 aliphatic heterocycles. The maximum Gasteiger partial charge on any atom is 0.472 e. The van der Waals surface area contributed by atoms with E-state index >= 15 is 0 Å². The Bertz CT molecular complexity index is 784. The number of likely N-dealkylation sites (N-methyl/N-ethyl adjacent to an activating group) is 1. The molecular formula is C35H70N2O6P+. The number of nitrogens with one attached hydrogen (secondary N) is 1. The number of hydrogen-bond acceptors (Lipinski definition) is 5. The van der Waals surface area contributed by atoms with E-state index in [4.69, 9.17) is 9.05 Å². The molecule has 0 heterocycles. The number of amides is 1. The van der Waals surface area contributed by atoms with Crippen molar-refractivity contribution < 1.29 is 32.9 Å². The van der Waals surface area contributed by atoms with E-state index in [1.165, 1.54) is 70.6 Å². The first-order valence-electron chi connectivity index (χ1n) is 17.7. The van der Waals surface area contributed by atoms with E-state index in [9.17, 15) is 19.4 Å².